The van der Waals surface area contributed by atoms with E-state index in [1.54, 1.807) is 7.11 Å². The number of benzene rings is 1. The Labute approximate surface area is 129 Å². The van der Waals surface area contributed by atoms with Gasteiger partial charge < -0.3 is 14.8 Å². The Morgan fingerprint density at radius 3 is 2.48 bits per heavy atom. The zero-order valence-electron chi connectivity index (χ0n) is 14.0. The van der Waals surface area contributed by atoms with Crippen LogP contribution in [0.15, 0.2) is 24.3 Å². The molecule has 3 atom stereocenters. The first-order chi connectivity index (χ1) is 9.97. The van der Waals surface area contributed by atoms with Crippen molar-refractivity contribution in [3.05, 3.63) is 29.8 Å². The van der Waals surface area contributed by atoms with Crippen molar-refractivity contribution in [1.29, 1.82) is 0 Å². The van der Waals surface area contributed by atoms with Crippen molar-refractivity contribution in [3.8, 4) is 5.75 Å². The van der Waals surface area contributed by atoms with Gasteiger partial charge in [0.2, 0.25) is 0 Å². The summed E-state index contributed by atoms with van der Waals surface area (Å²) in [5.74, 6) is 0.916. The van der Waals surface area contributed by atoms with Gasteiger partial charge in [0.25, 0.3) is 0 Å². The standard InChI is InChI=1S/C18H29NO2/c1-6-21-17-12-16(18(17,3)4)19-13(2)11-14-7-9-15(20-5)10-8-14/h7-10,13,16-17,19H,6,11-12H2,1-5H3. The molecule has 1 N–H and O–H groups in total. The predicted molar refractivity (Wildman–Crippen MR) is 86.9 cm³/mol. The van der Waals surface area contributed by atoms with Crippen LogP contribution in [-0.4, -0.2) is 31.9 Å². The Morgan fingerprint density at radius 2 is 1.95 bits per heavy atom. The molecule has 3 nitrogen and oxygen atoms in total. The summed E-state index contributed by atoms with van der Waals surface area (Å²) < 4.78 is 11.0. The normalized spacial score (nSPS) is 25.2. The van der Waals surface area contributed by atoms with Gasteiger partial charge in [-0.25, -0.2) is 0 Å². The lowest BCUT2D eigenvalue weighted by atomic mass is 9.64. The first kappa shape index (κ1) is 16.3. The second kappa shape index (κ2) is 6.80. The topological polar surface area (TPSA) is 30.5 Å². The van der Waals surface area contributed by atoms with Crippen LogP contribution in [0.2, 0.25) is 0 Å². The third-order valence-corrected chi connectivity index (χ3v) is 4.73. The largest absolute Gasteiger partial charge is 0.497 e. The Balaban J connectivity index is 1.83. The van der Waals surface area contributed by atoms with Gasteiger partial charge in [-0.1, -0.05) is 26.0 Å². The van der Waals surface area contributed by atoms with E-state index in [0.717, 1.165) is 25.2 Å². The Morgan fingerprint density at radius 1 is 1.29 bits per heavy atom. The molecule has 0 radical (unpaired) electrons. The number of hydrogen-bond donors (Lipinski definition) is 1. The summed E-state index contributed by atoms with van der Waals surface area (Å²) in [5, 5.41) is 3.76. The van der Waals surface area contributed by atoms with Crippen LogP contribution in [0.1, 0.15) is 39.7 Å². The van der Waals surface area contributed by atoms with Crippen molar-refractivity contribution in [3.63, 3.8) is 0 Å². The van der Waals surface area contributed by atoms with E-state index in [1.807, 2.05) is 12.1 Å². The zero-order chi connectivity index (χ0) is 15.5. The van der Waals surface area contributed by atoms with Crippen molar-refractivity contribution in [2.75, 3.05) is 13.7 Å². The fourth-order valence-corrected chi connectivity index (χ4v) is 3.17. The van der Waals surface area contributed by atoms with E-state index in [1.165, 1.54) is 5.56 Å². The molecule has 1 saturated carbocycles. The molecule has 0 bridgehead atoms. The minimum atomic E-state index is 0.226. The van der Waals surface area contributed by atoms with Gasteiger partial charge in [0.05, 0.1) is 13.2 Å². The van der Waals surface area contributed by atoms with Gasteiger partial charge in [-0.05, 0) is 44.4 Å². The van der Waals surface area contributed by atoms with Gasteiger partial charge >= 0.3 is 0 Å². The van der Waals surface area contributed by atoms with E-state index in [2.05, 4.69) is 45.1 Å². The summed E-state index contributed by atoms with van der Waals surface area (Å²) in [6.45, 7) is 9.74. The molecular formula is C18H29NO2. The molecule has 118 valence electrons. The average Bonchev–Trinajstić information content (AvgIpc) is 2.47. The molecule has 21 heavy (non-hydrogen) atoms. The molecule has 0 aromatic heterocycles. The molecule has 1 aliphatic rings. The van der Waals surface area contributed by atoms with Crippen LogP contribution in [0.3, 0.4) is 0 Å². The molecule has 0 heterocycles. The number of hydrogen-bond acceptors (Lipinski definition) is 3. The third kappa shape index (κ3) is 3.78. The lowest BCUT2D eigenvalue weighted by Crippen LogP contribution is -2.62. The molecule has 0 aliphatic heterocycles. The molecular weight excluding hydrogens is 262 g/mol. The van der Waals surface area contributed by atoms with Gasteiger partial charge in [0, 0.05) is 24.1 Å². The highest BCUT2D eigenvalue weighted by Gasteiger charge is 2.48. The molecule has 3 heteroatoms. The number of rotatable bonds is 7. The van der Waals surface area contributed by atoms with E-state index < -0.39 is 0 Å². The number of ether oxygens (including phenoxy) is 2. The summed E-state index contributed by atoms with van der Waals surface area (Å²) in [4.78, 5) is 0. The van der Waals surface area contributed by atoms with Crippen molar-refractivity contribution < 1.29 is 9.47 Å². The molecule has 0 spiro atoms. The zero-order valence-corrected chi connectivity index (χ0v) is 14.0. The van der Waals surface area contributed by atoms with Crippen molar-refractivity contribution in [1.82, 2.24) is 5.32 Å². The molecule has 0 amide bonds. The summed E-state index contributed by atoms with van der Waals surface area (Å²) in [6.07, 6.45) is 2.55. The second-order valence-corrected chi connectivity index (χ2v) is 6.67. The fraction of sp³-hybridized carbons (Fsp3) is 0.667. The van der Waals surface area contributed by atoms with Crippen LogP contribution in [0.4, 0.5) is 0 Å². The number of methoxy groups -OCH3 is 1. The quantitative estimate of drug-likeness (QED) is 0.835. The summed E-state index contributed by atoms with van der Waals surface area (Å²) in [5.41, 5.74) is 1.57. The Bertz CT molecular complexity index is 441. The highest BCUT2D eigenvalue weighted by molar-refractivity contribution is 5.27. The maximum Gasteiger partial charge on any atom is 0.118 e. The van der Waals surface area contributed by atoms with Crippen LogP contribution in [0.25, 0.3) is 0 Å². The Hall–Kier alpha value is -1.06. The maximum atomic E-state index is 5.79. The fourth-order valence-electron chi connectivity index (χ4n) is 3.17. The van der Waals surface area contributed by atoms with E-state index in [-0.39, 0.29) is 5.41 Å². The van der Waals surface area contributed by atoms with E-state index in [4.69, 9.17) is 9.47 Å². The van der Waals surface area contributed by atoms with Gasteiger partial charge in [-0.3, -0.25) is 0 Å². The first-order valence-corrected chi connectivity index (χ1v) is 7.98. The highest BCUT2D eigenvalue weighted by Crippen LogP contribution is 2.43. The molecule has 1 aromatic rings. The summed E-state index contributed by atoms with van der Waals surface area (Å²) in [6, 6.07) is 9.35. The molecule has 2 rings (SSSR count). The third-order valence-electron chi connectivity index (χ3n) is 4.73. The molecule has 0 saturated heterocycles. The van der Waals surface area contributed by atoms with Crippen molar-refractivity contribution in [2.24, 2.45) is 5.41 Å². The minimum absolute atomic E-state index is 0.226. The molecule has 1 aromatic carbocycles. The second-order valence-electron chi connectivity index (χ2n) is 6.67. The Kier molecular flexibility index (Phi) is 5.28. The van der Waals surface area contributed by atoms with Crippen molar-refractivity contribution in [2.45, 2.75) is 58.7 Å². The van der Waals surface area contributed by atoms with E-state index in [0.29, 0.717) is 18.2 Å². The highest BCUT2D eigenvalue weighted by atomic mass is 16.5. The van der Waals surface area contributed by atoms with Crippen molar-refractivity contribution >= 4 is 0 Å². The van der Waals surface area contributed by atoms with Crippen LogP contribution in [0.5, 0.6) is 5.75 Å². The van der Waals surface area contributed by atoms with Gasteiger partial charge in [0.1, 0.15) is 5.75 Å². The smallest absolute Gasteiger partial charge is 0.118 e. The lowest BCUT2D eigenvalue weighted by molar-refractivity contribution is -0.116. The summed E-state index contributed by atoms with van der Waals surface area (Å²) >= 11 is 0. The average molecular weight is 291 g/mol. The van der Waals surface area contributed by atoms with Gasteiger partial charge in [0.15, 0.2) is 0 Å². The lowest BCUT2D eigenvalue weighted by Gasteiger charge is -2.52. The minimum Gasteiger partial charge on any atom is -0.497 e. The van der Waals surface area contributed by atoms with Gasteiger partial charge in [-0.2, -0.15) is 0 Å². The van der Waals surface area contributed by atoms with E-state index >= 15 is 0 Å². The first-order valence-electron chi connectivity index (χ1n) is 7.98. The van der Waals surface area contributed by atoms with Gasteiger partial charge in [-0.15, -0.1) is 0 Å². The molecule has 3 unspecified atom stereocenters. The maximum absolute atomic E-state index is 5.79. The predicted octanol–water partition coefficient (Wildman–Crippen LogP) is 3.42. The molecule has 1 fully saturated rings. The molecule has 1 aliphatic carbocycles. The van der Waals surface area contributed by atoms with Crippen LogP contribution in [-0.2, 0) is 11.2 Å². The SMILES string of the molecule is CCOC1CC(NC(C)Cc2ccc(OC)cc2)C1(C)C. The number of nitrogens with one attached hydrogen (secondary N) is 1. The summed E-state index contributed by atoms with van der Waals surface area (Å²) in [7, 11) is 1.70. The van der Waals surface area contributed by atoms with Crippen LogP contribution in [0, 0.1) is 5.41 Å². The van der Waals surface area contributed by atoms with Crippen LogP contribution >= 0.6 is 0 Å². The van der Waals surface area contributed by atoms with Crippen LogP contribution < -0.4 is 10.1 Å². The van der Waals surface area contributed by atoms with E-state index in [9.17, 15) is 0 Å². The monoisotopic (exact) mass is 291 g/mol.